The maximum Gasteiger partial charge on any atom is 0.173 e. The zero-order valence-corrected chi connectivity index (χ0v) is 10.2. The van der Waals surface area contributed by atoms with Crippen molar-refractivity contribution in [1.82, 2.24) is 0 Å². The average Bonchev–Trinajstić information content (AvgIpc) is 2.69. The van der Waals surface area contributed by atoms with E-state index in [1.807, 2.05) is 24.5 Å². The number of rotatable bonds is 4. The topological polar surface area (TPSA) is 17.1 Å². The van der Waals surface area contributed by atoms with Crippen molar-refractivity contribution in [3.05, 3.63) is 35.2 Å². The summed E-state index contributed by atoms with van der Waals surface area (Å²) in [7, 11) is 0. The summed E-state index contributed by atoms with van der Waals surface area (Å²) in [6.45, 7) is 0. The van der Waals surface area contributed by atoms with Gasteiger partial charge in [-0.1, -0.05) is 18.2 Å². The molecule has 1 heterocycles. The number of carbonyl (C=O) groups excluding carboxylic acids is 1. The van der Waals surface area contributed by atoms with E-state index in [1.54, 1.807) is 23.1 Å². The third-order valence-electron chi connectivity index (χ3n) is 2.23. The molecular formula is C12H12OS2. The lowest BCUT2D eigenvalue weighted by atomic mass is 10.2. The predicted octanol–water partition coefficient (Wildman–Crippen LogP) is 3.84. The summed E-state index contributed by atoms with van der Waals surface area (Å²) >= 11 is 3.31. The summed E-state index contributed by atoms with van der Waals surface area (Å²) in [5, 5.41) is 1.18. The molecule has 0 unspecified atom stereocenters. The van der Waals surface area contributed by atoms with Crippen LogP contribution < -0.4 is 0 Å². The molecule has 0 amide bonds. The first-order valence-electron chi connectivity index (χ1n) is 4.82. The average molecular weight is 236 g/mol. The summed E-state index contributed by atoms with van der Waals surface area (Å²) < 4.78 is 1.20. The summed E-state index contributed by atoms with van der Waals surface area (Å²) in [5.41, 5.74) is 0. The Morgan fingerprint density at radius 3 is 2.93 bits per heavy atom. The zero-order valence-electron chi connectivity index (χ0n) is 8.53. The van der Waals surface area contributed by atoms with Gasteiger partial charge in [0.2, 0.25) is 0 Å². The van der Waals surface area contributed by atoms with Crippen LogP contribution in [0, 0.1) is 0 Å². The van der Waals surface area contributed by atoms with E-state index in [0.717, 1.165) is 10.6 Å². The van der Waals surface area contributed by atoms with Crippen molar-refractivity contribution in [2.24, 2.45) is 0 Å². The fourth-order valence-electron chi connectivity index (χ4n) is 1.44. The van der Waals surface area contributed by atoms with Crippen molar-refractivity contribution >= 4 is 39.0 Å². The van der Waals surface area contributed by atoms with Gasteiger partial charge < -0.3 is 0 Å². The van der Waals surface area contributed by atoms with Gasteiger partial charge >= 0.3 is 0 Å². The molecule has 0 saturated heterocycles. The maximum absolute atomic E-state index is 11.8. The summed E-state index contributed by atoms with van der Waals surface area (Å²) in [6.07, 6.45) is 2.67. The molecule has 2 rings (SSSR count). The third kappa shape index (κ3) is 2.41. The van der Waals surface area contributed by atoms with Crippen LogP contribution in [0.4, 0.5) is 0 Å². The number of thiophene rings is 1. The second-order valence-corrected chi connectivity index (χ2v) is 5.38. The molecule has 1 aromatic carbocycles. The maximum atomic E-state index is 11.8. The first-order chi connectivity index (χ1) is 7.31. The molecule has 78 valence electrons. The predicted molar refractivity (Wildman–Crippen MR) is 69.2 cm³/mol. The summed E-state index contributed by atoms with van der Waals surface area (Å²) in [5.74, 6) is 1.18. The zero-order chi connectivity index (χ0) is 10.7. The molecule has 0 aliphatic heterocycles. The first-order valence-corrected chi connectivity index (χ1v) is 7.03. The van der Waals surface area contributed by atoms with Crippen LogP contribution in [0.15, 0.2) is 30.3 Å². The molecule has 0 spiro atoms. The Balaban J connectivity index is 2.25. The van der Waals surface area contributed by atoms with Crippen LogP contribution in [0.5, 0.6) is 0 Å². The molecule has 0 aliphatic rings. The first kappa shape index (κ1) is 10.7. The van der Waals surface area contributed by atoms with Crippen molar-refractivity contribution in [2.75, 3.05) is 12.0 Å². The van der Waals surface area contributed by atoms with Gasteiger partial charge in [-0.05, 0) is 23.8 Å². The SMILES string of the molecule is CSCCC(=O)c1cc2ccccc2s1. The largest absolute Gasteiger partial charge is 0.293 e. The minimum Gasteiger partial charge on any atom is -0.293 e. The van der Waals surface area contributed by atoms with Crippen LogP contribution in [0.1, 0.15) is 16.1 Å². The Hall–Kier alpha value is -0.800. The number of benzene rings is 1. The van der Waals surface area contributed by atoms with Gasteiger partial charge in [0.15, 0.2) is 5.78 Å². The molecule has 15 heavy (non-hydrogen) atoms. The molecule has 2 aromatic rings. The number of Topliss-reactive ketones (excluding diaryl/α,β-unsaturated/α-hetero) is 1. The molecule has 0 fully saturated rings. The highest BCUT2D eigenvalue weighted by Gasteiger charge is 2.09. The summed E-state index contributed by atoms with van der Waals surface area (Å²) in [6, 6.07) is 10.1. The molecule has 3 heteroatoms. The lowest BCUT2D eigenvalue weighted by Crippen LogP contribution is -1.96. The summed E-state index contributed by atoms with van der Waals surface area (Å²) in [4.78, 5) is 12.7. The Bertz CT molecular complexity index is 440. The number of thioether (sulfide) groups is 1. The molecule has 0 radical (unpaired) electrons. The molecular weight excluding hydrogens is 224 g/mol. The molecule has 1 aromatic heterocycles. The number of hydrogen-bond donors (Lipinski definition) is 0. The van der Waals surface area contributed by atoms with Crippen molar-refractivity contribution < 1.29 is 4.79 Å². The Labute approximate surface area is 97.5 Å². The Kier molecular flexibility index (Phi) is 3.44. The van der Waals surface area contributed by atoms with Gasteiger partial charge in [0.05, 0.1) is 4.88 Å². The van der Waals surface area contributed by atoms with E-state index < -0.39 is 0 Å². The molecule has 0 saturated carbocycles. The van der Waals surface area contributed by atoms with E-state index in [4.69, 9.17) is 0 Å². The molecule has 0 aliphatic carbocycles. The molecule has 0 bridgehead atoms. The minimum absolute atomic E-state index is 0.269. The smallest absolute Gasteiger partial charge is 0.173 e. The van der Waals surface area contributed by atoms with Crippen LogP contribution in [0.25, 0.3) is 10.1 Å². The normalized spacial score (nSPS) is 10.7. The second kappa shape index (κ2) is 4.81. The fraction of sp³-hybridized carbons (Fsp3) is 0.250. The van der Waals surface area contributed by atoms with E-state index in [0.29, 0.717) is 6.42 Å². The highest BCUT2D eigenvalue weighted by molar-refractivity contribution is 7.98. The van der Waals surface area contributed by atoms with E-state index in [-0.39, 0.29) is 5.78 Å². The van der Waals surface area contributed by atoms with E-state index in [9.17, 15) is 4.79 Å². The fourth-order valence-corrected chi connectivity index (χ4v) is 2.86. The number of ketones is 1. The highest BCUT2D eigenvalue weighted by Crippen LogP contribution is 2.26. The Morgan fingerprint density at radius 1 is 1.40 bits per heavy atom. The Morgan fingerprint density at radius 2 is 2.20 bits per heavy atom. The third-order valence-corrected chi connectivity index (χ3v) is 4.00. The van der Waals surface area contributed by atoms with Crippen molar-refractivity contribution in [2.45, 2.75) is 6.42 Å². The monoisotopic (exact) mass is 236 g/mol. The second-order valence-electron chi connectivity index (χ2n) is 3.31. The van der Waals surface area contributed by atoms with Crippen molar-refractivity contribution in [3.8, 4) is 0 Å². The van der Waals surface area contributed by atoms with E-state index >= 15 is 0 Å². The molecule has 0 atom stereocenters. The van der Waals surface area contributed by atoms with Crippen LogP contribution >= 0.6 is 23.1 Å². The quantitative estimate of drug-likeness (QED) is 0.750. The van der Waals surface area contributed by atoms with Gasteiger partial charge in [0.1, 0.15) is 0 Å². The van der Waals surface area contributed by atoms with Crippen LogP contribution in [0.2, 0.25) is 0 Å². The van der Waals surface area contributed by atoms with E-state index in [1.165, 1.54) is 10.1 Å². The van der Waals surface area contributed by atoms with Gasteiger partial charge in [-0.3, -0.25) is 4.79 Å². The molecule has 1 nitrogen and oxygen atoms in total. The van der Waals surface area contributed by atoms with Gasteiger partial charge in [0, 0.05) is 16.9 Å². The minimum atomic E-state index is 0.269. The van der Waals surface area contributed by atoms with Gasteiger partial charge in [-0.15, -0.1) is 11.3 Å². The van der Waals surface area contributed by atoms with Crippen LogP contribution in [-0.4, -0.2) is 17.8 Å². The highest BCUT2D eigenvalue weighted by atomic mass is 32.2. The van der Waals surface area contributed by atoms with Crippen LogP contribution in [0.3, 0.4) is 0 Å². The number of carbonyl (C=O) groups is 1. The van der Waals surface area contributed by atoms with Crippen molar-refractivity contribution in [3.63, 3.8) is 0 Å². The van der Waals surface area contributed by atoms with Gasteiger partial charge in [-0.2, -0.15) is 11.8 Å². The number of hydrogen-bond acceptors (Lipinski definition) is 3. The number of fused-ring (bicyclic) bond motifs is 1. The van der Waals surface area contributed by atoms with E-state index in [2.05, 4.69) is 12.1 Å². The van der Waals surface area contributed by atoms with Gasteiger partial charge in [-0.25, -0.2) is 0 Å². The van der Waals surface area contributed by atoms with Crippen LogP contribution in [-0.2, 0) is 0 Å². The van der Waals surface area contributed by atoms with Gasteiger partial charge in [0.25, 0.3) is 0 Å². The lowest BCUT2D eigenvalue weighted by Gasteiger charge is -1.93. The van der Waals surface area contributed by atoms with Crippen molar-refractivity contribution in [1.29, 1.82) is 0 Å². The standard InChI is InChI=1S/C12H12OS2/c1-14-7-6-10(13)12-8-9-4-2-3-5-11(9)15-12/h2-5,8H,6-7H2,1H3. The molecule has 0 N–H and O–H groups in total. The lowest BCUT2D eigenvalue weighted by molar-refractivity contribution is 0.0993.